The third-order valence-corrected chi connectivity index (χ3v) is 2.30. The van der Waals surface area contributed by atoms with E-state index >= 15 is 0 Å². The molecule has 11 heavy (non-hydrogen) atoms. The number of carboxylic acid groups (broad SMARTS) is 1. The average molecular weight is 157 g/mol. The van der Waals surface area contributed by atoms with Gasteiger partial charge in [0, 0.05) is 0 Å². The van der Waals surface area contributed by atoms with Gasteiger partial charge in [-0.05, 0) is 31.8 Å². The van der Waals surface area contributed by atoms with E-state index < -0.39 is 5.97 Å². The lowest BCUT2D eigenvalue weighted by atomic mass is 9.93. The van der Waals surface area contributed by atoms with Crippen molar-refractivity contribution >= 4 is 5.97 Å². The first kappa shape index (κ1) is 8.53. The van der Waals surface area contributed by atoms with Crippen LogP contribution >= 0.6 is 0 Å². The van der Waals surface area contributed by atoms with Crippen molar-refractivity contribution in [2.75, 3.05) is 13.1 Å². The fourth-order valence-electron chi connectivity index (χ4n) is 1.16. The Morgan fingerprint density at radius 1 is 1.73 bits per heavy atom. The Morgan fingerprint density at radius 2 is 2.36 bits per heavy atom. The second kappa shape index (κ2) is 3.72. The molecule has 0 aromatic carbocycles. The van der Waals surface area contributed by atoms with E-state index in [1.165, 1.54) is 0 Å². The zero-order valence-electron chi connectivity index (χ0n) is 6.84. The third-order valence-electron chi connectivity index (χ3n) is 2.30. The highest BCUT2D eigenvalue weighted by atomic mass is 16.4. The largest absolute Gasteiger partial charge is 0.481 e. The molecule has 0 aromatic rings. The van der Waals surface area contributed by atoms with Gasteiger partial charge in [-0.25, -0.2) is 0 Å². The number of carbonyl (C=O) groups is 1. The van der Waals surface area contributed by atoms with Crippen LogP contribution in [0.5, 0.6) is 0 Å². The molecule has 0 radical (unpaired) electrons. The second-order valence-corrected chi connectivity index (χ2v) is 3.34. The fourth-order valence-corrected chi connectivity index (χ4v) is 1.16. The first-order chi connectivity index (χ1) is 5.20. The van der Waals surface area contributed by atoms with Gasteiger partial charge in [-0.1, -0.05) is 6.92 Å². The molecule has 0 amide bonds. The van der Waals surface area contributed by atoms with E-state index in [1.54, 1.807) is 6.92 Å². The van der Waals surface area contributed by atoms with Gasteiger partial charge in [-0.2, -0.15) is 0 Å². The molecule has 1 unspecified atom stereocenters. The lowest BCUT2D eigenvalue weighted by molar-refractivity contribution is -0.141. The standard InChI is InChI=1S/C8H15NO2/c1-6(8(10)11)2-3-7-4-9-5-7/h6-7,9H,2-5H2,1H3,(H,10,11). The summed E-state index contributed by atoms with van der Waals surface area (Å²) in [5.74, 6) is -0.107. The molecule has 1 atom stereocenters. The molecule has 0 saturated carbocycles. The molecule has 0 aliphatic carbocycles. The SMILES string of the molecule is CC(CCC1CNC1)C(=O)O. The van der Waals surface area contributed by atoms with Crippen LogP contribution in [0.3, 0.4) is 0 Å². The Bertz CT molecular complexity index is 143. The molecule has 1 heterocycles. The minimum absolute atomic E-state index is 0.171. The van der Waals surface area contributed by atoms with Gasteiger partial charge in [0.15, 0.2) is 0 Å². The van der Waals surface area contributed by atoms with Crippen LogP contribution in [0.15, 0.2) is 0 Å². The summed E-state index contributed by atoms with van der Waals surface area (Å²) in [4.78, 5) is 10.4. The van der Waals surface area contributed by atoms with Crippen LogP contribution < -0.4 is 5.32 Å². The van der Waals surface area contributed by atoms with Crippen LogP contribution in [0.4, 0.5) is 0 Å². The zero-order valence-corrected chi connectivity index (χ0v) is 6.84. The van der Waals surface area contributed by atoms with Crippen molar-refractivity contribution < 1.29 is 9.90 Å². The highest BCUT2D eigenvalue weighted by Crippen LogP contribution is 2.15. The Hall–Kier alpha value is -0.570. The van der Waals surface area contributed by atoms with Gasteiger partial charge in [-0.15, -0.1) is 0 Å². The minimum Gasteiger partial charge on any atom is -0.481 e. The quantitative estimate of drug-likeness (QED) is 0.631. The molecular formula is C8H15NO2. The predicted octanol–water partition coefficient (Wildman–Crippen LogP) is 0.707. The molecular weight excluding hydrogens is 142 g/mol. The average Bonchev–Trinajstić information content (AvgIpc) is 1.83. The van der Waals surface area contributed by atoms with Crippen molar-refractivity contribution in [3.05, 3.63) is 0 Å². The molecule has 1 aliphatic heterocycles. The summed E-state index contributed by atoms with van der Waals surface area (Å²) in [6.07, 6.45) is 1.88. The maximum absolute atomic E-state index is 10.4. The van der Waals surface area contributed by atoms with Crippen molar-refractivity contribution in [1.29, 1.82) is 0 Å². The van der Waals surface area contributed by atoms with E-state index in [2.05, 4.69) is 5.32 Å². The van der Waals surface area contributed by atoms with E-state index in [1.807, 2.05) is 0 Å². The van der Waals surface area contributed by atoms with Gasteiger partial charge in [-0.3, -0.25) is 4.79 Å². The number of rotatable bonds is 4. The topological polar surface area (TPSA) is 49.3 Å². The van der Waals surface area contributed by atoms with E-state index in [4.69, 9.17) is 5.11 Å². The lowest BCUT2D eigenvalue weighted by Crippen LogP contribution is -2.42. The smallest absolute Gasteiger partial charge is 0.306 e. The van der Waals surface area contributed by atoms with E-state index in [9.17, 15) is 4.79 Å². The Morgan fingerprint density at radius 3 is 2.73 bits per heavy atom. The summed E-state index contributed by atoms with van der Waals surface area (Å²) in [5.41, 5.74) is 0. The van der Waals surface area contributed by atoms with E-state index in [-0.39, 0.29) is 5.92 Å². The molecule has 0 bridgehead atoms. The van der Waals surface area contributed by atoms with Crippen LogP contribution in [0.25, 0.3) is 0 Å². The molecule has 0 aromatic heterocycles. The summed E-state index contributed by atoms with van der Waals surface area (Å²) in [6.45, 7) is 3.92. The Kier molecular flexibility index (Phi) is 2.88. The van der Waals surface area contributed by atoms with Crippen molar-refractivity contribution in [3.8, 4) is 0 Å². The first-order valence-electron chi connectivity index (χ1n) is 4.13. The predicted molar refractivity (Wildman–Crippen MR) is 42.4 cm³/mol. The monoisotopic (exact) mass is 157 g/mol. The summed E-state index contributed by atoms with van der Waals surface area (Å²) in [6, 6.07) is 0. The molecule has 0 spiro atoms. The van der Waals surface area contributed by atoms with Crippen molar-refractivity contribution in [1.82, 2.24) is 5.32 Å². The molecule has 64 valence electrons. The van der Waals surface area contributed by atoms with Gasteiger partial charge in [0.1, 0.15) is 0 Å². The number of carboxylic acids is 1. The summed E-state index contributed by atoms with van der Waals surface area (Å²) < 4.78 is 0. The highest BCUT2D eigenvalue weighted by Gasteiger charge is 2.19. The number of nitrogens with one attached hydrogen (secondary N) is 1. The molecule has 1 saturated heterocycles. The summed E-state index contributed by atoms with van der Waals surface area (Å²) >= 11 is 0. The van der Waals surface area contributed by atoms with Crippen LogP contribution in [0, 0.1) is 11.8 Å². The van der Waals surface area contributed by atoms with Crippen LogP contribution in [0.1, 0.15) is 19.8 Å². The fraction of sp³-hybridized carbons (Fsp3) is 0.875. The van der Waals surface area contributed by atoms with Gasteiger partial charge in [0.05, 0.1) is 5.92 Å². The van der Waals surface area contributed by atoms with Crippen molar-refractivity contribution in [3.63, 3.8) is 0 Å². The molecule has 1 rings (SSSR count). The number of aliphatic carboxylic acids is 1. The molecule has 1 aliphatic rings. The Labute approximate surface area is 66.8 Å². The third kappa shape index (κ3) is 2.50. The van der Waals surface area contributed by atoms with Gasteiger partial charge in [0.2, 0.25) is 0 Å². The maximum Gasteiger partial charge on any atom is 0.306 e. The molecule has 1 fully saturated rings. The van der Waals surface area contributed by atoms with E-state index in [0.717, 1.165) is 31.8 Å². The Balaban J connectivity index is 2.05. The summed E-state index contributed by atoms with van der Waals surface area (Å²) in [7, 11) is 0. The molecule has 2 N–H and O–H groups in total. The van der Waals surface area contributed by atoms with E-state index in [0.29, 0.717) is 0 Å². The molecule has 3 nitrogen and oxygen atoms in total. The normalized spacial score (nSPS) is 20.8. The number of hydrogen-bond acceptors (Lipinski definition) is 2. The lowest BCUT2D eigenvalue weighted by Gasteiger charge is -2.27. The highest BCUT2D eigenvalue weighted by molar-refractivity contribution is 5.69. The summed E-state index contributed by atoms with van der Waals surface area (Å²) in [5, 5.41) is 11.7. The maximum atomic E-state index is 10.4. The van der Waals surface area contributed by atoms with Gasteiger partial charge < -0.3 is 10.4 Å². The van der Waals surface area contributed by atoms with Crippen LogP contribution in [-0.4, -0.2) is 24.2 Å². The minimum atomic E-state index is -0.669. The van der Waals surface area contributed by atoms with Crippen LogP contribution in [0.2, 0.25) is 0 Å². The van der Waals surface area contributed by atoms with Crippen molar-refractivity contribution in [2.45, 2.75) is 19.8 Å². The molecule has 3 heteroatoms. The first-order valence-corrected chi connectivity index (χ1v) is 4.13. The van der Waals surface area contributed by atoms with Crippen LogP contribution in [-0.2, 0) is 4.79 Å². The van der Waals surface area contributed by atoms with Crippen molar-refractivity contribution in [2.24, 2.45) is 11.8 Å². The van der Waals surface area contributed by atoms with Gasteiger partial charge in [0.25, 0.3) is 0 Å². The zero-order chi connectivity index (χ0) is 8.27. The second-order valence-electron chi connectivity index (χ2n) is 3.34. The van der Waals surface area contributed by atoms with Gasteiger partial charge >= 0.3 is 5.97 Å². The number of hydrogen-bond donors (Lipinski definition) is 2.